The fourth-order valence-corrected chi connectivity index (χ4v) is 4.14. The Labute approximate surface area is 151 Å². The van der Waals surface area contributed by atoms with Gasteiger partial charge in [-0.2, -0.15) is 4.31 Å². The second-order valence-corrected chi connectivity index (χ2v) is 8.20. The molecule has 2 aromatic rings. The smallest absolute Gasteiger partial charge is 0.245 e. The standard InChI is InChI=1S/C17H18ClN3O3S/c18-14-5-3-13(4-6-14)10-20-17(22)12-21(15-7-8-15)25(23,24)16-2-1-9-19-11-16/h1-6,9,11,15H,7-8,10,12H2,(H,20,22). The summed E-state index contributed by atoms with van der Waals surface area (Å²) in [6, 6.07) is 10.0. The first-order chi connectivity index (χ1) is 12.0. The average Bonchev–Trinajstić information content (AvgIpc) is 3.44. The second kappa shape index (κ2) is 7.51. The van der Waals surface area contributed by atoms with Gasteiger partial charge >= 0.3 is 0 Å². The Balaban J connectivity index is 1.66. The van der Waals surface area contributed by atoms with Crippen LogP contribution >= 0.6 is 11.6 Å². The quantitative estimate of drug-likeness (QED) is 0.799. The van der Waals surface area contributed by atoms with Gasteiger partial charge in [0.1, 0.15) is 4.90 Å². The maximum atomic E-state index is 12.8. The highest BCUT2D eigenvalue weighted by Crippen LogP contribution is 2.31. The number of benzene rings is 1. The minimum Gasteiger partial charge on any atom is -0.351 e. The van der Waals surface area contributed by atoms with E-state index < -0.39 is 10.0 Å². The first-order valence-corrected chi connectivity index (χ1v) is 9.71. The van der Waals surface area contributed by atoms with E-state index in [9.17, 15) is 13.2 Å². The van der Waals surface area contributed by atoms with Crippen LogP contribution in [0.2, 0.25) is 5.02 Å². The van der Waals surface area contributed by atoms with Gasteiger partial charge in [-0.05, 0) is 42.7 Å². The van der Waals surface area contributed by atoms with Gasteiger partial charge in [-0.15, -0.1) is 0 Å². The Bertz CT molecular complexity index is 837. The van der Waals surface area contributed by atoms with E-state index in [-0.39, 0.29) is 23.4 Å². The Morgan fingerprint density at radius 2 is 1.96 bits per heavy atom. The zero-order valence-corrected chi connectivity index (χ0v) is 15.0. The fraction of sp³-hybridized carbons (Fsp3) is 0.294. The number of pyridine rings is 1. The maximum Gasteiger partial charge on any atom is 0.245 e. The van der Waals surface area contributed by atoms with E-state index >= 15 is 0 Å². The summed E-state index contributed by atoms with van der Waals surface area (Å²) in [5.41, 5.74) is 0.894. The number of nitrogens with one attached hydrogen (secondary N) is 1. The molecule has 3 rings (SSSR count). The van der Waals surface area contributed by atoms with E-state index in [0.29, 0.717) is 11.6 Å². The van der Waals surface area contributed by atoms with Crippen LogP contribution in [0, 0.1) is 0 Å². The molecule has 1 aromatic carbocycles. The van der Waals surface area contributed by atoms with E-state index in [1.165, 1.54) is 22.8 Å². The van der Waals surface area contributed by atoms with Crippen molar-refractivity contribution in [2.45, 2.75) is 30.3 Å². The molecule has 8 heteroatoms. The molecule has 1 saturated carbocycles. The number of aromatic nitrogens is 1. The largest absolute Gasteiger partial charge is 0.351 e. The van der Waals surface area contributed by atoms with Gasteiger partial charge in [0.05, 0.1) is 6.54 Å². The summed E-state index contributed by atoms with van der Waals surface area (Å²) in [6.45, 7) is 0.122. The predicted octanol–water partition coefficient (Wildman–Crippen LogP) is 2.20. The van der Waals surface area contributed by atoms with Gasteiger partial charge in [0.2, 0.25) is 15.9 Å². The number of nitrogens with zero attached hydrogens (tertiary/aromatic N) is 2. The molecular weight excluding hydrogens is 362 g/mol. The lowest BCUT2D eigenvalue weighted by atomic mass is 10.2. The lowest BCUT2D eigenvalue weighted by Crippen LogP contribution is -2.41. The van der Waals surface area contributed by atoms with Gasteiger partial charge < -0.3 is 5.32 Å². The van der Waals surface area contributed by atoms with Crippen molar-refractivity contribution in [2.24, 2.45) is 0 Å². The SMILES string of the molecule is O=C(CN(C1CC1)S(=O)(=O)c1cccnc1)NCc1ccc(Cl)cc1. The summed E-state index contributed by atoms with van der Waals surface area (Å²) in [7, 11) is -3.73. The lowest BCUT2D eigenvalue weighted by molar-refractivity contribution is -0.121. The van der Waals surface area contributed by atoms with E-state index in [1.54, 1.807) is 18.2 Å². The van der Waals surface area contributed by atoms with Crippen molar-refractivity contribution in [3.63, 3.8) is 0 Å². The van der Waals surface area contributed by atoms with Gasteiger partial charge in [0.15, 0.2) is 0 Å². The van der Waals surface area contributed by atoms with Crippen molar-refractivity contribution in [3.05, 3.63) is 59.4 Å². The zero-order chi connectivity index (χ0) is 17.9. The van der Waals surface area contributed by atoms with Gasteiger partial charge in [0.25, 0.3) is 0 Å². The van der Waals surface area contributed by atoms with Gasteiger partial charge in [-0.3, -0.25) is 9.78 Å². The Kier molecular flexibility index (Phi) is 5.36. The predicted molar refractivity (Wildman–Crippen MR) is 94.4 cm³/mol. The summed E-state index contributed by atoms with van der Waals surface area (Å²) in [5.74, 6) is -0.339. The van der Waals surface area contributed by atoms with E-state index in [2.05, 4.69) is 10.3 Å². The third kappa shape index (κ3) is 4.56. The highest BCUT2D eigenvalue weighted by Gasteiger charge is 2.39. The molecular formula is C17H18ClN3O3S. The third-order valence-corrected chi connectivity index (χ3v) is 6.03. The first kappa shape index (κ1) is 17.8. The summed E-state index contributed by atoms with van der Waals surface area (Å²) < 4.78 is 26.8. The maximum absolute atomic E-state index is 12.8. The van der Waals surface area contributed by atoms with Crippen LogP contribution in [0.5, 0.6) is 0 Å². The number of sulfonamides is 1. The molecule has 1 N–H and O–H groups in total. The molecule has 0 saturated heterocycles. The zero-order valence-electron chi connectivity index (χ0n) is 13.4. The summed E-state index contributed by atoms with van der Waals surface area (Å²) in [5, 5.41) is 3.37. The van der Waals surface area contributed by atoms with Gasteiger partial charge in [0, 0.05) is 30.0 Å². The van der Waals surface area contributed by atoms with Crippen LogP contribution < -0.4 is 5.32 Å². The van der Waals surface area contributed by atoms with Crippen molar-refractivity contribution in [1.82, 2.24) is 14.6 Å². The highest BCUT2D eigenvalue weighted by atomic mass is 35.5. The second-order valence-electron chi connectivity index (χ2n) is 5.87. The van der Waals surface area contributed by atoms with Crippen molar-refractivity contribution >= 4 is 27.5 Å². The number of amides is 1. The minimum absolute atomic E-state index is 0.104. The molecule has 0 bridgehead atoms. The number of rotatable bonds is 7. The summed E-state index contributed by atoms with van der Waals surface area (Å²) in [6.07, 6.45) is 4.35. The molecule has 0 spiro atoms. The Morgan fingerprint density at radius 3 is 2.56 bits per heavy atom. The number of hydrogen-bond acceptors (Lipinski definition) is 4. The topological polar surface area (TPSA) is 79.4 Å². The molecule has 0 radical (unpaired) electrons. The molecule has 1 aliphatic carbocycles. The van der Waals surface area contributed by atoms with Crippen LogP contribution in [0.4, 0.5) is 0 Å². The van der Waals surface area contributed by atoms with Crippen LogP contribution in [-0.2, 0) is 21.4 Å². The highest BCUT2D eigenvalue weighted by molar-refractivity contribution is 7.89. The fourth-order valence-electron chi connectivity index (χ4n) is 2.41. The van der Waals surface area contributed by atoms with Crippen molar-refractivity contribution in [1.29, 1.82) is 0 Å². The monoisotopic (exact) mass is 379 g/mol. The molecule has 0 unspecified atom stereocenters. The molecule has 0 atom stereocenters. The molecule has 1 fully saturated rings. The molecule has 1 aromatic heterocycles. The number of hydrogen-bond donors (Lipinski definition) is 1. The lowest BCUT2D eigenvalue weighted by Gasteiger charge is -2.21. The average molecular weight is 380 g/mol. The molecule has 1 aliphatic rings. The third-order valence-electron chi connectivity index (χ3n) is 3.90. The molecule has 6 nitrogen and oxygen atoms in total. The van der Waals surface area contributed by atoms with E-state index in [4.69, 9.17) is 11.6 Å². The number of carbonyl (C=O) groups is 1. The van der Waals surface area contributed by atoms with Crippen molar-refractivity contribution in [3.8, 4) is 0 Å². The van der Waals surface area contributed by atoms with Crippen LogP contribution in [0.1, 0.15) is 18.4 Å². The molecule has 1 amide bonds. The number of carbonyl (C=O) groups excluding carboxylic acids is 1. The minimum atomic E-state index is -3.73. The summed E-state index contributed by atoms with van der Waals surface area (Å²) in [4.78, 5) is 16.2. The Hall–Kier alpha value is -1.96. The van der Waals surface area contributed by atoms with Gasteiger partial charge in [-0.1, -0.05) is 23.7 Å². The van der Waals surface area contributed by atoms with Gasteiger partial charge in [-0.25, -0.2) is 8.42 Å². The van der Waals surface area contributed by atoms with Crippen LogP contribution in [0.3, 0.4) is 0 Å². The normalized spacial score (nSPS) is 14.5. The Morgan fingerprint density at radius 1 is 1.24 bits per heavy atom. The summed E-state index contributed by atoms with van der Waals surface area (Å²) >= 11 is 5.83. The van der Waals surface area contributed by atoms with Crippen molar-refractivity contribution in [2.75, 3.05) is 6.54 Å². The van der Waals surface area contributed by atoms with Crippen molar-refractivity contribution < 1.29 is 13.2 Å². The molecule has 25 heavy (non-hydrogen) atoms. The molecule has 0 aliphatic heterocycles. The van der Waals surface area contributed by atoms with E-state index in [0.717, 1.165) is 18.4 Å². The first-order valence-electron chi connectivity index (χ1n) is 7.90. The number of halogens is 1. The van der Waals surface area contributed by atoms with E-state index in [1.807, 2.05) is 12.1 Å². The van der Waals surface area contributed by atoms with Crippen LogP contribution in [-0.4, -0.2) is 36.2 Å². The molecule has 1 heterocycles. The molecule has 132 valence electrons. The van der Waals surface area contributed by atoms with Crippen LogP contribution in [0.15, 0.2) is 53.7 Å². The van der Waals surface area contributed by atoms with Crippen LogP contribution in [0.25, 0.3) is 0 Å².